The van der Waals surface area contributed by atoms with Crippen LogP contribution in [0.1, 0.15) is 42.4 Å². The molecule has 0 spiro atoms. The molecule has 2 unspecified atom stereocenters. The van der Waals surface area contributed by atoms with Gasteiger partial charge in [0.05, 0.1) is 31.2 Å². The predicted molar refractivity (Wildman–Crippen MR) is 125 cm³/mol. The van der Waals surface area contributed by atoms with E-state index in [-0.39, 0.29) is 36.3 Å². The number of amides is 2. The highest BCUT2D eigenvalue weighted by Gasteiger charge is 2.46. The van der Waals surface area contributed by atoms with Gasteiger partial charge in [0.15, 0.2) is 0 Å². The van der Waals surface area contributed by atoms with Crippen molar-refractivity contribution >= 4 is 11.8 Å². The normalized spacial score (nSPS) is 23.2. The summed E-state index contributed by atoms with van der Waals surface area (Å²) in [5.74, 6) is -0.520. The van der Waals surface area contributed by atoms with Gasteiger partial charge in [0.1, 0.15) is 23.7 Å². The Kier molecular flexibility index (Phi) is 5.69. The Labute approximate surface area is 197 Å². The van der Waals surface area contributed by atoms with Crippen LogP contribution in [0.15, 0.2) is 61.1 Å². The summed E-state index contributed by atoms with van der Waals surface area (Å²) >= 11 is 0. The SMILES string of the molecule is C[C@@H](c1ccccc1-c1ccc(F)cc1)n1cncc1C(=O)N1CCC2NC(=O)COC2(C)C1. The third-order valence-corrected chi connectivity index (χ3v) is 6.95. The van der Waals surface area contributed by atoms with Crippen LogP contribution in [0, 0.1) is 5.82 Å². The van der Waals surface area contributed by atoms with E-state index in [1.807, 2.05) is 42.7 Å². The Balaban J connectivity index is 1.42. The van der Waals surface area contributed by atoms with E-state index in [1.54, 1.807) is 29.6 Å². The number of benzene rings is 2. The van der Waals surface area contributed by atoms with E-state index >= 15 is 0 Å². The average Bonchev–Trinajstić information content (AvgIpc) is 3.33. The minimum atomic E-state index is -0.618. The van der Waals surface area contributed by atoms with Crippen molar-refractivity contribution in [2.75, 3.05) is 19.7 Å². The topological polar surface area (TPSA) is 76.5 Å². The zero-order valence-electron chi connectivity index (χ0n) is 19.2. The maximum absolute atomic E-state index is 13.6. The molecule has 3 aromatic rings. The first-order chi connectivity index (χ1) is 16.4. The van der Waals surface area contributed by atoms with E-state index < -0.39 is 5.60 Å². The molecule has 3 heterocycles. The van der Waals surface area contributed by atoms with Crippen molar-refractivity contribution < 1.29 is 18.7 Å². The quantitative estimate of drug-likeness (QED) is 0.645. The van der Waals surface area contributed by atoms with E-state index in [2.05, 4.69) is 10.3 Å². The summed E-state index contributed by atoms with van der Waals surface area (Å²) in [6, 6.07) is 14.0. The first-order valence-corrected chi connectivity index (χ1v) is 11.4. The number of likely N-dealkylation sites (tertiary alicyclic amines) is 1. The molecule has 8 heteroatoms. The van der Waals surface area contributed by atoms with Gasteiger partial charge in [-0.2, -0.15) is 0 Å². The van der Waals surface area contributed by atoms with Gasteiger partial charge in [0, 0.05) is 6.54 Å². The molecule has 2 saturated heterocycles. The number of carbonyl (C=O) groups excluding carboxylic acids is 2. The maximum Gasteiger partial charge on any atom is 0.272 e. The van der Waals surface area contributed by atoms with Gasteiger partial charge in [0.2, 0.25) is 5.91 Å². The number of hydrogen-bond donors (Lipinski definition) is 1. The number of fused-ring (bicyclic) bond motifs is 1. The lowest BCUT2D eigenvalue weighted by molar-refractivity contribution is -0.156. The molecule has 34 heavy (non-hydrogen) atoms. The number of rotatable bonds is 4. The van der Waals surface area contributed by atoms with Crippen LogP contribution in [0.25, 0.3) is 11.1 Å². The number of hydrogen-bond acceptors (Lipinski definition) is 4. The smallest absolute Gasteiger partial charge is 0.272 e. The van der Waals surface area contributed by atoms with Crippen molar-refractivity contribution in [3.63, 3.8) is 0 Å². The van der Waals surface area contributed by atoms with E-state index in [0.717, 1.165) is 16.7 Å². The molecule has 0 saturated carbocycles. The third-order valence-electron chi connectivity index (χ3n) is 6.95. The first kappa shape index (κ1) is 22.3. The second-order valence-electron chi connectivity index (χ2n) is 9.19. The number of carbonyl (C=O) groups is 2. The van der Waals surface area contributed by atoms with Crippen LogP contribution in [0.4, 0.5) is 4.39 Å². The Morgan fingerprint density at radius 2 is 2.00 bits per heavy atom. The molecule has 0 bridgehead atoms. The average molecular weight is 463 g/mol. The summed E-state index contributed by atoms with van der Waals surface area (Å²) < 4.78 is 21.2. The van der Waals surface area contributed by atoms with Crippen molar-refractivity contribution in [3.05, 3.63) is 78.1 Å². The van der Waals surface area contributed by atoms with Crippen LogP contribution in [-0.4, -0.2) is 57.6 Å². The summed E-state index contributed by atoms with van der Waals surface area (Å²) in [5.41, 5.74) is 2.76. The number of morpholine rings is 1. The summed E-state index contributed by atoms with van der Waals surface area (Å²) in [4.78, 5) is 31.4. The molecule has 2 amide bonds. The highest BCUT2D eigenvalue weighted by Crippen LogP contribution is 2.32. The largest absolute Gasteiger partial charge is 0.361 e. The first-order valence-electron chi connectivity index (χ1n) is 11.4. The van der Waals surface area contributed by atoms with Gasteiger partial charge < -0.3 is 19.5 Å². The fraction of sp³-hybridized carbons (Fsp3) is 0.346. The lowest BCUT2D eigenvalue weighted by atomic mass is 9.87. The maximum atomic E-state index is 13.6. The highest BCUT2D eigenvalue weighted by atomic mass is 19.1. The van der Waals surface area contributed by atoms with Gasteiger partial charge in [-0.3, -0.25) is 9.59 Å². The lowest BCUT2D eigenvalue weighted by Gasteiger charge is -2.48. The van der Waals surface area contributed by atoms with Crippen LogP contribution in [0.3, 0.4) is 0 Å². The van der Waals surface area contributed by atoms with E-state index in [9.17, 15) is 14.0 Å². The number of nitrogens with one attached hydrogen (secondary N) is 1. The second kappa shape index (κ2) is 8.68. The fourth-order valence-electron chi connectivity index (χ4n) is 5.01. The zero-order chi connectivity index (χ0) is 23.9. The zero-order valence-corrected chi connectivity index (χ0v) is 19.2. The fourth-order valence-corrected chi connectivity index (χ4v) is 5.01. The number of piperidine rings is 1. The molecule has 1 N–H and O–H groups in total. The van der Waals surface area contributed by atoms with Gasteiger partial charge in [-0.15, -0.1) is 0 Å². The molecule has 0 aliphatic carbocycles. The summed E-state index contributed by atoms with van der Waals surface area (Å²) in [5, 5.41) is 2.99. The van der Waals surface area contributed by atoms with Crippen molar-refractivity contribution in [2.45, 2.75) is 38.0 Å². The predicted octanol–water partition coefficient (Wildman–Crippen LogP) is 3.42. The van der Waals surface area contributed by atoms with Crippen LogP contribution in [0.2, 0.25) is 0 Å². The minimum absolute atomic E-state index is 0.00413. The molecule has 2 aliphatic heterocycles. The monoisotopic (exact) mass is 462 g/mol. The number of ether oxygens (including phenoxy) is 1. The van der Waals surface area contributed by atoms with Crippen LogP contribution in [0.5, 0.6) is 0 Å². The van der Waals surface area contributed by atoms with Crippen LogP contribution >= 0.6 is 0 Å². The van der Waals surface area contributed by atoms with Gasteiger partial charge in [-0.25, -0.2) is 9.37 Å². The van der Waals surface area contributed by atoms with Crippen molar-refractivity contribution in [2.24, 2.45) is 0 Å². The molecule has 2 aromatic carbocycles. The molecule has 3 atom stereocenters. The molecule has 0 radical (unpaired) electrons. The molecule has 7 nitrogen and oxygen atoms in total. The summed E-state index contributed by atoms with van der Waals surface area (Å²) in [7, 11) is 0. The molecule has 2 aliphatic rings. The van der Waals surface area contributed by atoms with Gasteiger partial charge in [0.25, 0.3) is 5.91 Å². The van der Waals surface area contributed by atoms with Crippen molar-refractivity contribution in [1.82, 2.24) is 19.8 Å². The Hall–Kier alpha value is -3.52. The van der Waals surface area contributed by atoms with Gasteiger partial charge in [-0.1, -0.05) is 36.4 Å². The Bertz CT molecular complexity index is 1220. The van der Waals surface area contributed by atoms with Crippen LogP contribution < -0.4 is 5.32 Å². The van der Waals surface area contributed by atoms with Gasteiger partial charge in [-0.05, 0) is 49.1 Å². The van der Waals surface area contributed by atoms with E-state index in [0.29, 0.717) is 25.2 Å². The molecule has 1 aromatic heterocycles. The molecular weight excluding hydrogens is 435 g/mol. The Morgan fingerprint density at radius 3 is 2.79 bits per heavy atom. The highest BCUT2D eigenvalue weighted by molar-refractivity contribution is 5.93. The number of imidazole rings is 1. The van der Waals surface area contributed by atoms with Crippen molar-refractivity contribution in [3.8, 4) is 11.1 Å². The summed E-state index contributed by atoms with van der Waals surface area (Å²) in [6.07, 6.45) is 3.90. The van der Waals surface area contributed by atoms with E-state index in [1.165, 1.54) is 12.1 Å². The third kappa shape index (κ3) is 3.98. The standard InChI is InChI=1S/C26H27FN4O3/c1-17(20-5-3-4-6-21(20)18-7-9-19(27)10-8-18)31-16-28-13-22(31)25(33)30-12-11-23-26(2,15-30)34-14-24(32)29-23/h3-10,13,16-17,23H,11-12,14-15H2,1-2H3,(H,29,32)/t17-,23?,26?/m0/s1. The lowest BCUT2D eigenvalue weighted by Crippen LogP contribution is -2.67. The molecule has 176 valence electrons. The Morgan fingerprint density at radius 1 is 1.24 bits per heavy atom. The molecule has 2 fully saturated rings. The molecule has 5 rings (SSSR count). The number of aromatic nitrogens is 2. The minimum Gasteiger partial charge on any atom is -0.361 e. The van der Waals surface area contributed by atoms with E-state index in [4.69, 9.17) is 4.74 Å². The van der Waals surface area contributed by atoms with Crippen molar-refractivity contribution in [1.29, 1.82) is 0 Å². The number of nitrogens with zero attached hydrogens (tertiary/aromatic N) is 3. The molecular formula is C26H27FN4O3. The second-order valence-corrected chi connectivity index (χ2v) is 9.19. The van der Waals surface area contributed by atoms with Crippen LogP contribution in [-0.2, 0) is 9.53 Å². The van der Waals surface area contributed by atoms with Gasteiger partial charge >= 0.3 is 0 Å². The number of halogens is 1. The summed E-state index contributed by atoms with van der Waals surface area (Å²) in [6.45, 7) is 4.88.